The van der Waals surface area contributed by atoms with Gasteiger partial charge in [0, 0.05) is 12.0 Å². The summed E-state index contributed by atoms with van der Waals surface area (Å²) in [7, 11) is 1.67. The van der Waals surface area contributed by atoms with E-state index in [1.165, 1.54) is 5.56 Å². The molecule has 2 rings (SSSR count). The van der Waals surface area contributed by atoms with E-state index in [4.69, 9.17) is 10.5 Å². The number of ether oxygens (including phenoxy) is 1. The summed E-state index contributed by atoms with van der Waals surface area (Å²) in [4.78, 5) is 0. The molecule has 0 saturated heterocycles. The predicted molar refractivity (Wildman–Crippen MR) is 58.9 cm³/mol. The zero-order chi connectivity index (χ0) is 10.9. The lowest BCUT2D eigenvalue weighted by Gasteiger charge is -2.13. The molecule has 15 heavy (non-hydrogen) atoms. The lowest BCUT2D eigenvalue weighted by molar-refractivity contribution is 0.211. The van der Waals surface area contributed by atoms with Crippen molar-refractivity contribution in [2.45, 2.75) is 12.3 Å². The molecular weight excluding hydrogens is 190 g/mol. The van der Waals surface area contributed by atoms with E-state index in [9.17, 15) is 5.11 Å². The second kappa shape index (κ2) is 3.83. The van der Waals surface area contributed by atoms with Crippen LogP contribution in [0.15, 0.2) is 24.3 Å². The van der Waals surface area contributed by atoms with Gasteiger partial charge >= 0.3 is 0 Å². The van der Waals surface area contributed by atoms with Gasteiger partial charge in [-0.1, -0.05) is 18.2 Å². The summed E-state index contributed by atoms with van der Waals surface area (Å²) in [6.07, 6.45) is 0.959. The van der Waals surface area contributed by atoms with Gasteiger partial charge in [0.05, 0.1) is 13.7 Å². The Balaban J connectivity index is 2.25. The first kappa shape index (κ1) is 10.5. The topological polar surface area (TPSA) is 55.5 Å². The lowest BCUT2D eigenvalue weighted by Crippen LogP contribution is -2.21. The summed E-state index contributed by atoms with van der Waals surface area (Å²) < 4.78 is 5.31. The van der Waals surface area contributed by atoms with Crippen molar-refractivity contribution < 1.29 is 9.84 Å². The molecule has 3 N–H and O–H groups in total. The lowest BCUT2D eigenvalue weighted by atomic mass is 9.99. The Labute approximate surface area is 89.9 Å². The first-order valence-corrected chi connectivity index (χ1v) is 5.21. The van der Waals surface area contributed by atoms with E-state index in [1.54, 1.807) is 7.11 Å². The molecule has 1 fully saturated rings. The van der Waals surface area contributed by atoms with E-state index in [-0.39, 0.29) is 12.0 Å². The second-order valence-electron chi connectivity index (χ2n) is 4.22. The van der Waals surface area contributed by atoms with Crippen LogP contribution in [0.1, 0.15) is 17.9 Å². The molecule has 3 nitrogen and oxygen atoms in total. The van der Waals surface area contributed by atoms with Crippen molar-refractivity contribution in [3.8, 4) is 5.75 Å². The largest absolute Gasteiger partial charge is 0.496 e. The Hall–Kier alpha value is -1.06. The highest BCUT2D eigenvalue weighted by atomic mass is 16.5. The van der Waals surface area contributed by atoms with Gasteiger partial charge in [0.1, 0.15) is 5.75 Å². The van der Waals surface area contributed by atoms with Crippen molar-refractivity contribution in [2.24, 2.45) is 11.1 Å². The van der Waals surface area contributed by atoms with Gasteiger partial charge in [-0.05, 0) is 24.0 Å². The fourth-order valence-electron chi connectivity index (χ4n) is 2.21. The van der Waals surface area contributed by atoms with E-state index in [0.29, 0.717) is 12.5 Å². The van der Waals surface area contributed by atoms with Gasteiger partial charge < -0.3 is 15.6 Å². The molecule has 1 aliphatic rings. The van der Waals surface area contributed by atoms with E-state index >= 15 is 0 Å². The van der Waals surface area contributed by atoms with Crippen molar-refractivity contribution in [2.75, 3.05) is 20.3 Å². The van der Waals surface area contributed by atoms with Crippen LogP contribution < -0.4 is 10.5 Å². The number of hydrogen-bond donors (Lipinski definition) is 2. The Morgan fingerprint density at radius 1 is 1.53 bits per heavy atom. The number of para-hydroxylation sites is 1. The molecule has 82 valence electrons. The molecule has 0 bridgehead atoms. The number of methoxy groups -OCH3 is 1. The normalized spacial score (nSPS) is 28.9. The van der Waals surface area contributed by atoms with Crippen molar-refractivity contribution >= 4 is 0 Å². The molecule has 3 heteroatoms. The van der Waals surface area contributed by atoms with Crippen LogP contribution in [0.4, 0.5) is 0 Å². The molecule has 0 aromatic heterocycles. The van der Waals surface area contributed by atoms with Crippen LogP contribution >= 0.6 is 0 Å². The third kappa shape index (κ3) is 1.62. The smallest absolute Gasteiger partial charge is 0.122 e. The number of aliphatic hydroxyl groups excluding tert-OH is 1. The molecule has 0 heterocycles. The molecule has 0 unspecified atom stereocenters. The molecule has 0 amide bonds. The monoisotopic (exact) mass is 207 g/mol. The molecule has 1 aromatic rings. The van der Waals surface area contributed by atoms with Crippen LogP contribution in [-0.4, -0.2) is 25.4 Å². The maximum Gasteiger partial charge on any atom is 0.122 e. The summed E-state index contributed by atoms with van der Waals surface area (Å²) in [5, 5.41) is 9.33. The van der Waals surface area contributed by atoms with Crippen LogP contribution in [0.2, 0.25) is 0 Å². The standard InChI is InChI=1S/C12H17NO2/c1-15-11-5-3-2-4-9(11)10-6-12(10,7-13)8-14/h2-5,10,14H,6-8,13H2,1H3/t10-,12-/m1/s1. The third-order valence-corrected chi connectivity index (χ3v) is 3.43. The fraction of sp³-hybridized carbons (Fsp3) is 0.500. The highest BCUT2D eigenvalue weighted by Gasteiger charge is 2.54. The minimum absolute atomic E-state index is 0.103. The first-order chi connectivity index (χ1) is 7.27. The summed E-state index contributed by atoms with van der Waals surface area (Å²) in [6.45, 7) is 0.693. The number of rotatable bonds is 4. The molecule has 0 spiro atoms. The molecule has 0 radical (unpaired) electrons. The first-order valence-electron chi connectivity index (χ1n) is 5.21. The van der Waals surface area contributed by atoms with Crippen LogP contribution in [0.5, 0.6) is 5.75 Å². The zero-order valence-corrected chi connectivity index (χ0v) is 8.94. The predicted octanol–water partition coefficient (Wildman–Crippen LogP) is 1.12. The van der Waals surface area contributed by atoms with Gasteiger partial charge in [0.15, 0.2) is 0 Å². The van der Waals surface area contributed by atoms with E-state index in [0.717, 1.165) is 12.2 Å². The summed E-state index contributed by atoms with van der Waals surface area (Å²) in [5.41, 5.74) is 6.76. The van der Waals surface area contributed by atoms with Crippen LogP contribution in [-0.2, 0) is 0 Å². The Morgan fingerprint density at radius 2 is 2.27 bits per heavy atom. The van der Waals surface area contributed by atoms with Crippen LogP contribution in [0.3, 0.4) is 0 Å². The fourth-order valence-corrected chi connectivity index (χ4v) is 2.21. The van der Waals surface area contributed by atoms with Gasteiger partial charge in [0.25, 0.3) is 0 Å². The zero-order valence-electron chi connectivity index (χ0n) is 8.94. The molecule has 1 saturated carbocycles. The number of hydrogen-bond acceptors (Lipinski definition) is 3. The molecule has 1 aliphatic carbocycles. The maximum absolute atomic E-state index is 9.33. The SMILES string of the molecule is COc1ccccc1[C@H]1C[C@@]1(CN)CO. The van der Waals surface area contributed by atoms with Crippen molar-refractivity contribution in [3.63, 3.8) is 0 Å². The number of benzene rings is 1. The van der Waals surface area contributed by atoms with E-state index in [1.807, 2.05) is 18.2 Å². The van der Waals surface area contributed by atoms with Gasteiger partial charge in [-0.25, -0.2) is 0 Å². The maximum atomic E-state index is 9.33. The molecule has 2 atom stereocenters. The van der Waals surface area contributed by atoms with Crippen molar-refractivity contribution in [3.05, 3.63) is 29.8 Å². The summed E-state index contributed by atoms with van der Waals surface area (Å²) in [5.74, 6) is 1.25. The highest BCUT2D eigenvalue weighted by molar-refractivity contribution is 5.41. The minimum atomic E-state index is -0.103. The van der Waals surface area contributed by atoms with E-state index < -0.39 is 0 Å². The molecule has 0 aliphatic heterocycles. The van der Waals surface area contributed by atoms with Gasteiger partial charge in [-0.3, -0.25) is 0 Å². The van der Waals surface area contributed by atoms with Crippen molar-refractivity contribution in [1.82, 2.24) is 0 Å². The van der Waals surface area contributed by atoms with Gasteiger partial charge in [-0.2, -0.15) is 0 Å². The second-order valence-corrected chi connectivity index (χ2v) is 4.22. The Morgan fingerprint density at radius 3 is 2.80 bits per heavy atom. The van der Waals surface area contributed by atoms with E-state index in [2.05, 4.69) is 6.07 Å². The van der Waals surface area contributed by atoms with Crippen LogP contribution in [0.25, 0.3) is 0 Å². The average molecular weight is 207 g/mol. The van der Waals surface area contributed by atoms with Gasteiger partial charge in [-0.15, -0.1) is 0 Å². The Bertz CT molecular complexity index is 347. The van der Waals surface area contributed by atoms with Crippen molar-refractivity contribution in [1.29, 1.82) is 0 Å². The third-order valence-electron chi connectivity index (χ3n) is 3.43. The molecule has 1 aromatic carbocycles. The summed E-state index contributed by atoms with van der Waals surface area (Å²) >= 11 is 0. The minimum Gasteiger partial charge on any atom is -0.496 e. The Kier molecular flexibility index (Phi) is 2.67. The number of aliphatic hydroxyl groups is 1. The van der Waals surface area contributed by atoms with Gasteiger partial charge in [0.2, 0.25) is 0 Å². The number of nitrogens with two attached hydrogens (primary N) is 1. The highest BCUT2D eigenvalue weighted by Crippen LogP contribution is 2.59. The molecular formula is C12H17NO2. The quantitative estimate of drug-likeness (QED) is 0.778. The average Bonchev–Trinajstić information content (AvgIpc) is 3.04. The summed E-state index contributed by atoms with van der Waals surface area (Å²) in [6, 6.07) is 7.95. The van der Waals surface area contributed by atoms with Crippen LogP contribution in [0, 0.1) is 5.41 Å².